The van der Waals surface area contributed by atoms with Crippen molar-refractivity contribution in [2.75, 3.05) is 0 Å². The number of hydrogen-bond acceptors (Lipinski definition) is 4. The molecule has 2 aromatic rings. The summed E-state index contributed by atoms with van der Waals surface area (Å²) in [6.45, 7) is 5.69. The van der Waals surface area contributed by atoms with Gasteiger partial charge in [0.25, 0.3) is 0 Å². The Bertz CT molecular complexity index is 756. The van der Waals surface area contributed by atoms with E-state index in [-0.39, 0.29) is 4.90 Å². The molecule has 0 spiro atoms. The number of sulfonamides is 1. The van der Waals surface area contributed by atoms with Crippen LogP contribution in [0.15, 0.2) is 23.1 Å². The maximum Gasteiger partial charge on any atom is 0.238 e. The zero-order valence-electron chi connectivity index (χ0n) is 12.5. The molecule has 0 unspecified atom stereocenters. The van der Waals surface area contributed by atoms with Crippen LogP contribution in [0.2, 0.25) is 0 Å². The highest BCUT2D eigenvalue weighted by atomic mass is 32.2. The molecule has 21 heavy (non-hydrogen) atoms. The van der Waals surface area contributed by atoms with Crippen molar-refractivity contribution in [1.82, 2.24) is 9.78 Å². The average molecular weight is 309 g/mol. The van der Waals surface area contributed by atoms with Crippen LogP contribution in [0.25, 0.3) is 0 Å². The molecular formula is C14H19N3O3S. The lowest BCUT2D eigenvalue weighted by molar-refractivity contribution is 0.294. The van der Waals surface area contributed by atoms with Gasteiger partial charge in [0.2, 0.25) is 10.0 Å². The van der Waals surface area contributed by atoms with Gasteiger partial charge in [-0.3, -0.25) is 4.68 Å². The van der Waals surface area contributed by atoms with E-state index < -0.39 is 10.0 Å². The number of nitrogens with zero attached hydrogens (tertiary/aromatic N) is 2. The van der Waals surface area contributed by atoms with Crippen molar-refractivity contribution < 1.29 is 13.2 Å². The SMILES string of the molecule is Cc1cc(COc2cc(C)c(S(N)(=O)=O)c(C)c2)n(C)n1. The van der Waals surface area contributed by atoms with Crippen molar-refractivity contribution in [2.24, 2.45) is 12.2 Å². The summed E-state index contributed by atoms with van der Waals surface area (Å²) in [6, 6.07) is 5.30. The van der Waals surface area contributed by atoms with Crippen LogP contribution >= 0.6 is 0 Å². The van der Waals surface area contributed by atoms with E-state index in [0.717, 1.165) is 11.4 Å². The molecule has 1 aromatic heterocycles. The van der Waals surface area contributed by atoms with E-state index in [0.29, 0.717) is 23.5 Å². The van der Waals surface area contributed by atoms with Gasteiger partial charge in [-0.25, -0.2) is 13.6 Å². The summed E-state index contributed by atoms with van der Waals surface area (Å²) in [5.41, 5.74) is 3.02. The van der Waals surface area contributed by atoms with Gasteiger partial charge in [-0.15, -0.1) is 0 Å². The summed E-state index contributed by atoms with van der Waals surface area (Å²) in [5, 5.41) is 9.46. The van der Waals surface area contributed by atoms with Crippen molar-refractivity contribution in [3.05, 3.63) is 40.7 Å². The Morgan fingerprint density at radius 2 is 1.76 bits per heavy atom. The van der Waals surface area contributed by atoms with Crippen molar-refractivity contribution in [1.29, 1.82) is 0 Å². The molecule has 0 fully saturated rings. The molecule has 2 rings (SSSR count). The number of aromatic nitrogens is 2. The summed E-state index contributed by atoms with van der Waals surface area (Å²) in [4.78, 5) is 0.159. The van der Waals surface area contributed by atoms with Crippen molar-refractivity contribution in [2.45, 2.75) is 32.3 Å². The Morgan fingerprint density at radius 1 is 1.19 bits per heavy atom. The minimum Gasteiger partial charge on any atom is -0.487 e. The van der Waals surface area contributed by atoms with Gasteiger partial charge in [0.15, 0.2) is 0 Å². The number of benzene rings is 1. The minimum atomic E-state index is -3.72. The molecule has 0 aliphatic carbocycles. The highest BCUT2D eigenvalue weighted by molar-refractivity contribution is 7.89. The lowest BCUT2D eigenvalue weighted by atomic mass is 10.1. The summed E-state index contributed by atoms with van der Waals surface area (Å²) < 4.78 is 30.6. The minimum absolute atomic E-state index is 0.159. The standard InChI is InChI=1S/C14H19N3O3S/c1-9-5-13(6-10(2)14(9)21(15,18)19)20-8-12-7-11(3)16-17(12)4/h5-7H,8H2,1-4H3,(H2,15,18,19). The van der Waals surface area contributed by atoms with Crippen LogP contribution in [0.1, 0.15) is 22.5 Å². The molecule has 0 saturated carbocycles. The molecule has 0 bridgehead atoms. The van der Waals surface area contributed by atoms with Crippen LogP contribution in [-0.2, 0) is 23.7 Å². The summed E-state index contributed by atoms with van der Waals surface area (Å²) >= 11 is 0. The second kappa shape index (κ2) is 5.50. The van der Waals surface area contributed by atoms with Gasteiger partial charge >= 0.3 is 0 Å². The topological polar surface area (TPSA) is 87.2 Å². The molecule has 0 amide bonds. The van der Waals surface area contributed by atoms with Gasteiger partial charge in [-0.05, 0) is 50.1 Å². The zero-order valence-corrected chi connectivity index (χ0v) is 13.4. The van der Waals surface area contributed by atoms with Crippen molar-refractivity contribution in [3.63, 3.8) is 0 Å². The molecule has 2 N–H and O–H groups in total. The first-order valence-corrected chi connectivity index (χ1v) is 7.99. The van der Waals surface area contributed by atoms with Gasteiger partial charge in [-0.2, -0.15) is 5.10 Å². The number of ether oxygens (including phenoxy) is 1. The first kappa shape index (κ1) is 15.5. The quantitative estimate of drug-likeness (QED) is 0.928. The third kappa shape index (κ3) is 3.43. The van der Waals surface area contributed by atoms with E-state index in [2.05, 4.69) is 5.10 Å². The van der Waals surface area contributed by atoms with Gasteiger partial charge in [0.05, 0.1) is 16.3 Å². The molecule has 1 aromatic carbocycles. The predicted molar refractivity (Wildman–Crippen MR) is 79.6 cm³/mol. The van der Waals surface area contributed by atoms with Crippen LogP contribution in [0.3, 0.4) is 0 Å². The van der Waals surface area contributed by atoms with Gasteiger partial charge in [0, 0.05) is 7.05 Å². The normalized spacial score (nSPS) is 11.7. The van der Waals surface area contributed by atoms with Crippen molar-refractivity contribution >= 4 is 10.0 Å². The van der Waals surface area contributed by atoms with Crippen LogP contribution in [0.4, 0.5) is 0 Å². The number of hydrogen-bond donors (Lipinski definition) is 1. The predicted octanol–water partition coefficient (Wildman–Crippen LogP) is 1.57. The second-order valence-corrected chi connectivity index (χ2v) is 6.62. The Kier molecular flexibility index (Phi) is 4.06. The lowest BCUT2D eigenvalue weighted by Crippen LogP contribution is -2.15. The highest BCUT2D eigenvalue weighted by Gasteiger charge is 2.16. The Morgan fingerprint density at radius 3 is 2.19 bits per heavy atom. The van der Waals surface area contributed by atoms with Gasteiger partial charge < -0.3 is 4.74 Å². The molecule has 114 valence electrons. The maximum absolute atomic E-state index is 11.5. The Balaban J connectivity index is 2.25. The maximum atomic E-state index is 11.5. The fourth-order valence-corrected chi connectivity index (χ4v) is 3.41. The number of primary sulfonamides is 1. The largest absolute Gasteiger partial charge is 0.487 e. The van der Waals surface area contributed by atoms with Crippen LogP contribution in [0, 0.1) is 20.8 Å². The Labute approximate surface area is 124 Å². The molecule has 6 nitrogen and oxygen atoms in total. The van der Waals surface area contributed by atoms with Crippen molar-refractivity contribution in [3.8, 4) is 5.75 Å². The fraction of sp³-hybridized carbons (Fsp3) is 0.357. The van der Waals surface area contributed by atoms with E-state index in [1.165, 1.54) is 0 Å². The third-order valence-electron chi connectivity index (χ3n) is 3.20. The summed E-state index contributed by atoms with van der Waals surface area (Å²) in [5.74, 6) is 0.608. The van der Waals surface area contributed by atoms with Crippen LogP contribution in [0.5, 0.6) is 5.75 Å². The molecule has 0 aliphatic heterocycles. The van der Waals surface area contributed by atoms with E-state index in [1.807, 2.05) is 20.0 Å². The average Bonchev–Trinajstić information content (AvgIpc) is 2.62. The van der Waals surface area contributed by atoms with Gasteiger partial charge in [0.1, 0.15) is 12.4 Å². The molecule has 7 heteroatoms. The number of aryl methyl sites for hydroxylation is 4. The smallest absolute Gasteiger partial charge is 0.238 e. The van der Waals surface area contributed by atoms with Crippen LogP contribution < -0.4 is 9.88 Å². The second-order valence-electron chi connectivity index (χ2n) is 5.12. The molecule has 0 aliphatic rings. The molecule has 0 saturated heterocycles. The monoisotopic (exact) mass is 309 g/mol. The van der Waals surface area contributed by atoms with Gasteiger partial charge in [-0.1, -0.05) is 0 Å². The molecule has 0 radical (unpaired) electrons. The first-order valence-electron chi connectivity index (χ1n) is 6.45. The molecular weight excluding hydrogens is 290 g/mol. The number of rotatable bonds is 4. The summed E-state index contributed by atoms with van der Waals surface area (Å²) in [6.07, 6.45) is 0. The zero-order chi connectivity index (χ0) is 15.8. The summed E-state index contributed by atoms with van der Waals surface area (Å²) in [7, 11) is -1.87. The third-order valence-corrected chi connectivity index (χ3v) is 4.42. The Hall–Kier alpha value is -1.86. The highest BCUT2D eigenvalue weighted by Crippen LogP contribution is 2.25. The van der Waals surface area contributed by atoms with E-state index in [9.17, 15) is 8.42 Å². The van der Waals surface area contributed by atoms with E-state index in [1.54, 1.807) is 30.7 Å². The number of nitrogens with two attached hydrogens (primary N) is 1. The molecule has 0 atom stereocenters. The first-order chi connectivity index (χ1) is 9.68. The van der Waals surface area contributed by atoms with E-state index in [4.69, 9.17) is 9.88 Å². The van der Waals surface area contributed by atoms with E-state index >= 15 is 0 Å². The fourth-order valence-electron chi connectivity index (χ4n) is 2.40. The lowest BCUT2D eigenvalue weighted by Gasteiger charge is -2.12. The van der Waals surface area contributed by atoms with Crippen LogP contribution in [-0.4, -0.2) is 18.2 Å². The molecule has 1 heterocycles.